The molecule has 1 saturated heterocycles. The normalized spacial score (nSPS) is 42.7. The number of hydrogen-bond donors (Lipinski definition) is 6. The van der Waals surface area contributed by atoms with Crippen molar-refractivity contribution in [2.75, 3.05) is 13.2 Å². The molecule has 6 N–H and O–H groups in total. The molecule has 162 valence electrons. The molecule has 2 rings (SSSR count). The van der Waals surface area contributed by atoms with E-state index in [0.29, 0.717) is 0 Å². The molecule has 0 spiro atoms. The monoisotopic (exact) mass is 404 g/mol. The summed E-state index contributed by atoms with van der Waals surface area (Å²) in [6.07, 6.45) is -4.32. The first-order chi connectivity index (χ1) is 13.0. The van der Waals surface area contributed by atoms with Gasteiger partial charge in [-0.15, -0.1) is 0 Å². The maximum atomic E-state index is 11.9. The fourth-order valence-electron chi connectivity index (χ4n) is 3.97. The molecule has 2 aliphatic rings. The summed E-state index contributed by atoms with van der Waals surface area (Å²) in [5.74, 6) is -0.674. The van der Waals surface area contributed by atoms with Crippen molar-refractivity contribution < 1.29 is 44.9 Å². The first-order valence-corrected chi connectivity index (χ1v) is 9.47. The number of aliphatic hydroxyl groups is 6. The molecule has 1 saturated carbocycles. The van der Waals surface area contributed by atoms with Crippen molar-refractivity contribution in [2.45, 2.75) is 76.0 Å². The average Bonchev–Trinajstić information content (AvgIpc) is 2.63. The van der Waals surface area contributed by atoms with Crippen molar-refractivity contribution in [1.82, 2.24) is 0 Å². The van der Waals surface area contributed by atoms with Gasteiger partial charge < -0.3 is 40.1 Å². The third kappa shape index (κ3) is 4.47. The second kappa shape index (κ2) is 8.85. The van der Waals surface area contributed by atoms with E-state index < -0.39 is 60.4 Å². The Bertz CT molecular complexity index is 576. The highest BCUT2D eigenvalue weighted by atomic mass is 16.7. The smallest absolute Gasteiger partial charge is 0.187 e. The van der Waals surface area contributed by atoms with Crippen LogP contribution in [-0.2, 0) is 14.3 Å². The quantitative estimate of drug-likeness (QED) is 0.289. The summed E-state index contributed by atoms with van der Waals surface area (Å²) in [6.45, 7) is 4.21. The third-order valence-electron chi connectivity index (χ3n) is 5.86. The van der Waals surface area contributed by atoms with Gasteiger partial charge in [0.15, 0.2) is 6.29 Å². The van der Waals surface area contributed by atoms with E-state index in [9.17, 15) is 35.4 Å². The van der Waals surface area contributed by atoms with Crippen LogP contribution < -0.4 is 0 Å². The fourth-order valence-corrected chi connectivity index (χ4v) is 3.97. The Balaban J connectivity index is 2.11. The summed E-state index contributed by atoms with van der Waals surface area (Å²) in [7, 11) is 0. The Morgan fingerprint density at radius 1 is 1.18 bits per heavy atom. The molecular weight excluding hydrogens is 372 g/mol. The SMILES string of the molecule is C[C@H](/C=C/[C@@]1(O)[C@H](CO)CC(=O)CC1(C)C)O[C@@H]1O[C@H](CO)[C@@H](O)[C@H](O)[C@H]1O. The molecule has 0 aromatic carbocycles. The first-order valence-electron chi connectivity index (χ1n) is 9.47. The molecule has 1 heterocycles. The topological polar surface area (TPSA) is 157 Å². The lowest BCUT2D eigenvalue weighted by Crippen LogP contribution is -2.59. The number of ether oxygens (including phenoxy) is 2. The minimum atomic E-state index is -1.54. The summed E-state index contributed by atoms with van der Waals surface area (Å²) in [5.41, 5.74) is -2.24. The highest BCUT2D eigenvalue weighted by Crippen LogP contribution is 2.46. The summed E-state index contributed by atoms with van der Waals surface area (Å²) in [4.78, 5) is 11.9. The van der Waals surface area contributed by atoms with Gasteiger partial charge in [0.25, 0.3) is 0 Å². The number of aliphatic hydroxyl groups excluding tert-OH is 5. The third-order valence-corrected chi connectivity index (χ3v) is 5.86. The van der Waals surface area contributed by atoms with E-state index >= 15 is 0 Å². The van der Waals surface area contributed by atoms with Crippen LogP contribution in [0.2, 0.25) is 0 Å². The van der Waals surface area contributed by atoms with E-state index in [1.54, 1.807) is 20.8 Å². The second-order valence-corrected chi connectivity index (χ2v) is 8.41. The number of carbonyl (C=O) groups excluding carboxylic acids is 1. The molecular formula is C19H32O9. The number of ketones is 1. The Labute approximate surface area is 164 Å². The van der Waals surface area contributed by atoms with Crippen molar-refractivity contribution in [2.24, 2.45) is 11.3 Å². The van der Waals surface area contributed by atoms with Crippen LogP contribution in [0, 0.1) is 11.3 Å². The molecule has 2 fully saturated rings. The molecule has 0 aromatic heterocycles. The van der Waals surface area contributed by atoms with E-state index in [1.807, 2.05) is 0 Å². The molecule has 8 atom stereocenters. The van der Waals surface area contributed by atoms with Crippen LogP contribution in [0.25, 0.3) is 0 Å². The average molecular weight is 404 g/mol. The van der Waals surface area contributed by atoms with Gasteiger partial charge >= 0.3 is 0 Å². The Morgan fingerprint density at radius 2 is 1.82 bits per heavy atom. The van der Waals surface area contributed by atoms with Crippen LogP contribution in [0.3, 0.4) is 0 Å². The molecule has 1 aliphatic carbocycles. The van der Waals surface area contributed by atoms with Gasteiger partial charge in [-0.05, 0) is 6.92 Å². The van der Waals surface area contributed by atoms with Gasteiger partial charge in [-0.2, -0.15) is 0 Å². The summed E-state index contributed by atoms with van der Waals surface area (Å²) < 4.78 is 10.9. The summed E-state index contributed by atoms with van der Waals surface area (Å²) in [6, 6.07) is 0. The van der Waals surface area contributed by atoms with Gasteiger partial charge in [0.05, 0.1) is 18.3 Å². The van der Waals surface area contributed by atoms with Gasteiger partial charge in [0, 0.05) is 30.8 Å². The molecule has 9 nitrogen and oxygen atoms in total. The molecule has 0 unspecified atom stereocenters. The Kier molecular flexibility index (Phi) is 7.38. The fraction of sp³-hybridized carbons (Fsp3) is 0.842. The van der Waals surface area contributed by atoms with Crippen LogP contribution >= 0.6 is 0 Å². The zero-order chi connectivity index (χ0) is 21.3. The lowest BCUT2D eigenvalue weighted by molar-refractivity contribution is -0.306. The number of carbonyl (C=O) groups is 1. The number of hydrogen-bond acceptors (Lipinski definition) is 9. The molecule has 9 heteroatoms. The Morgan fingerprint density at radius 3 is 2.39 bits per heavy atom. The van der Waals surface area contributed by atoms with Gasteiger partial charge in [0.2, 0.25) is 0 Å². The maximum absolute atomic E-state index is 11.9. The predicted octanol–water partition coefficient (Wildman–Crippen LogP) is -1.52. The van der Waals surface area contributed by atoms with Crippen molar-refractivity contribution >= 4 is 5.78 Å². The predicted molar refractivity (Wildman–Crippen MR) is 97.0 cm³/mol. The minimum Gasteiger partial charge on any atom is -0.396 e. The van der Waals surface area contributed by atoms with Crippen LogP contribution in [0.5, 0.6) is 0 Å². The van der Waals surface area contributed by atoms with Crippen molar-refractivity contribution in [3.8, 4) is 0 Å². The van der Waals surface area contributed by atoms with Crippen LogP contribution in [0.4, 0.5) is 0 Å². The van der Waals surface area contributed by atoms with E-state index in [0.717, 1.165) is 0 Å². The first kappa shape index (κ1) is 23.4. The summed E-state index contributed by atoms with van der Waals surface area (Å²) in [5, 5.41) is 59.7. The van der Waals surface area contributed by atoms with Gasteiger partial charge in [-0.3, -0.25) is 4.79 Å². The number of Topliss-reactive ketones (excluding diaryl/α,β-unsaturated/α-hetero) is 1. The lowest BCUT2D eigenvalue weighted by atomic mass is 9.60. The highest BCUT2D eigenvalue weighted by molar-refractivity contribution is 5.81. The number of rotatable bonds is 6. The summed E-state index contributed by atoms with van der Waals surface area (Å²) >= 11 is 0. The van der Waals surface area contributed by atoms with E-state index in [1.165, 1.54) is 12.2 Å². The zero-order valence-electron chi connectivity index (χ0n) is 16.4. The van der Waals surface area contributed by atoms with Gasteiger partial charge in [-0.25, -0.2) is 0 Å². The molecule has 0 amide bonds. The second-order valence-electron chi connectivity index (χ2n) is 8.41. The lowest BCUT2D eigenvalue weighted by Gasteiger charge is -2.48. The van der Waals surface area contributed by atoms with Gasteiger partial charge in [0.1, 0.15) is 30.2 Å². The van der Waals surface area contributed by atoms with Crippen molar-refractivity contribution in [3.05, 3.63) is 12.2 Å². The van der Waals surface area contributed by atoms with E-state index in [-0.39, 0.29) is 25.2 Å². The molecule has 28 heavy (non-hydrogen) atoms. The maximum Gasteiger partial charge on any atom is 0.187 e. The Hall–Kier alpha value is -0.910. The molecule has 0 aromatic rings. The van der Waals surface area contributed by atoms with Crippen molar-refractivity contribution in [3.63, 3.8) is 0 Å². The van der Waals surface area contributed by atoms with Crippen molar-refractivity contribution in [1.29, 1.82) is 0 Å². The van der Waals surface area contributed by atoms with Gasteiger partial charge in [-0.1, -0.05) is 26.0 Å². The molecule has 1 aliphatic heterocycles. The van der Waals surface area contributed by atoms with E-state index in [2.05, 4.69) is 0 Å². The molecule has 0 bridgehead atoms. The highest BCUT2D eigenvalue weighted by Gasteiger charge is 2.52. The largest absolute Gasteiger partial charge is 0.396 e. The van der Waals surface area contributed by atoms with Crippen LogP contribution in [0.15, 0.2) is 12.2 Å². The zero-order valence-corrected chi connectivity index (χ0v) is 16.4. The van der Waals surface area contributed by atoms with Crippen LogP contribution in [-0.4, -0.2) is 92.0 Å². The van der Waals surface area contributed by atoms with E-state index in [4.69, 9.17) is 9.47 Å². The minimum absolute atomic E-state index is 0.0206. The molecule has 0 radical (unpaired) electrons. The van der Waals surface area contributed by atoms with Crippen LogP contribution in [0.1, 0.15) is 33.6 Å². The standard InChI is InChI=1S/C19H32O9/c1-10(27-17-16(25)15(24)14(23)13(9-21)28-17)4-5-19(26)11(8-20)6-12(22)7-18(19,2)3/h4-5,10-11,13-17,20-21,23-26H,6-9H2,1-3H3/b5-4+/t10-,11+,13-,14-,15+,16-,17-,19-/m1/s1.